The quantitative estimate of drug-likeness (QED) is 0.307. The Kier molecular flexibility index (Phi) is 6.50. The Bertz CT molecular complexity index is 1140. The van der Waals surface area contributed by atoms with Gasteiger partial charge in [0, 0.05) is 17.1 Å². The van der Waals surface area contributed by atoms with Crippen LogP contribution in [-0.4, -0.2) is 16.6 Å². The normalized spacial score (nSPS) is 11.0. The Morgan fingerprint density at radius 1 is 1.00 bits per heavy atom. The molecule has 4 rings (SSSR count). The minimum absolute atomic E-state index is 0.107. The molecule has 0 unspecified atom stereocenters. The zero-order valence-corrected chi connectivity index (χ0v) is 18.8. The lowest BCUT2D eigenvalue weighted by atomic mass is 10.1. The second-order valence-electron chi connectivity index (χ2n) is 7.30. The molecule has 3 nitrogen and oxygen atoms in total. The van der Waals surface area contributed by atoms with Crippen LogP contribution in [0.1, 0.15) is 23.1 Å². The maximum atomic E-state index is 13.2. The van der Waals surface area contributed by atoms with E-state index in [1.165, 1.54) is 16.0 Å². The highest BCUT2D eigenvalue weighted by Gasteiger charge is 2.20. The predicted molar refractivity (Wildman–Crippen MR) is 129 cm³/mol. The molecule has 0 spiro atoms. The molecule has 0 aliphatic carbocycles. The zero-order chi connectivity index (χ0) is 20.9. The Morgan fingerprint density at radius 2 is 1.70 bits per heavy atom. The van der Waals surface area contributed by atoms with Crippen molar-refractivity contribution in [3.8, 4) is 0 Å². The van der Waals surface area contributed by atoms with Crippen LogP contribution in [0.2, 0.25) is 0 Å². The molecular weight excluding hydrogens is 408 g/mol. The molecule has 1 heterocycles. The van der Waals surface area contributed by atoms with Gasteiger partial charge in [-0.1, -0.05) is 65.9 Å². The molecule has 1 aromatic heterocycles. The van der Waals surface area contributed by atoms with Crippen molar-refractivity contribution < 1.29 is 4.79 Å². The summed E-state index contributed by atoms with van der Waals surface area (Å²) in [6.07, 6.45) is 0.473. The number of thiazole rings is 1. The lowest BCUT2D eigenvalue weighted by molar-refractivity contribution is -0.118. The largest absolute Gasteiger partial charge is 0.284 e. The first kappa shape index (κ1) is 20.6. The van der Waals surface area contributed by atoms with Gasteiger partial charge in [-0.3, -0.25) is 9.69 Å². The topological polar surface area (TPSA) is 33.2 Å². The first-order valence-electron chi connectivity index (χ1n) is 10.00. The van der Waals surface area contributed by atoms with Crippen LogP contribution in [-0.2, 0) is 11.3 Å². The second-order valence-corrected chi connectivity index (χ2v) is 9.45. The van der Waals surface area contributed by atoms with Gasteiger partial charge >= 0.3 is 0 Å². The fraction of sp³-hybridized carbons (Fsp3) is 0.200. The number of hydrogen-bond donors (Lipinski definition) is 0. The molecule has 0 saturated carbocycles. The van der Waals surface area contributed by atoms with Crippen molar-refractivity contribution in [2.45, 2.75) is 31.7 Å². The van der Waals surface area contributed by atoms with Crippen LogP contribution in [0.15, 0.2) is 77.7 Å². The number of amides is 1. The third-order valence-corrected chi connectivity index (χ3v) is 7.10. The van der Waals surface area contributed by atoms with E-state index in [0.717, 1.165) is 26.7 Å². The standard InChI is InChI=1S/C25H24N2OS2/c1-18-15-19(2)24-22(16-18)26-25(30-24)27(17-20-9-5-3-6-10-20)23(28)13-14-29-21-11-7-4-8-12-21/h3-12,15-16H,13-14,17H2,1-2H3. The van der Waals surface area contributed by atoms with Crippen LogP contribution in [0.4, 0.5) is 5.13 Å². The van der Waals surface area contributed by atoms with E-state index in [1.54, 1.807) is 23.1 Å². The summed E-state index contributed by atoms with van der Waals surface area (Å²) >= 11 is 3.32. The van der Waals surface area contributed by atoms with Crippen LogP contribution < -0.4 is 4.90 Å². The van der Waals surface area contributed by atoms with Gasteiger partial charge in [0.15, 0.2) is 5.13 Å². The first-order valence-corrected chi connectivity index (χ1v) is 11.8. The van der Waals surface area contributed by atoms with Crippen LogP contribution in [0.3, 0.4) is 0 Å². The van der Waals surface area contributed by atoms with E-state index in [0.29, 0.717) is 13.0 Å². The highest BCUT2D eigenvalue weighted by Crippen LogP contribution is 2.33. The molecule has 0 atom stereocenters. The number of nitrogens with zero attached hydrogens (tertiary/aromatic N) is 2. The lowest BCUT2D eigenvalue weighted by Crippen LogP contribution is -2.30. The van der Waals surface area contributed by atoms with E-state index < -0.39 is 0 Å². The smallest absolute Gasteiger partial charge is 0.229 e. The molecule has 5 heteroatoms. The average Bonchev–Trinajstić information content (AvgIpc) is 3.17. The minimum Gasteiger partial charge on any atom is -0.284 e. The number of aromatic nitrogens is 1. The van der Waals surface area contributed by atoms with Crippen LogP contribution >= 0.6 is 23.1 Å². The van der Waals surface area contributed by atoms with Crippen molar-refractivity contribution in [1.29, 1.82) is 0 Å². The average molecular weight is 433 g/mol. The zero-order valence-electron chi connectivity index (χ0n) is 17.2. The third kappa shape index (κ3) is 4.91. The molecule has 0 fully saturated rings. The summed E-state index contributed by atoms with van der Waals surface area (Å²) in [5.41, 5.74) is 4.48. The van der Waals surface area contributed by atoms with Crippen molar-refractivity contribution in [1.82, 2.24) is 4.98 Å². The molecular formula is C25H24N2OS2. The Morgan fingerprint density at radius 3 is 2.43 bits per heavy atom. The second kappa shape index (κ2) is 9.45. The molecule has 0 N–H and O–H groups in total. The van der Waals surface area contributed by atoms with E-state index in [-0.39, 0.29) is 5.91 Å². The van der Waals surface area contributed by atoms with E-state index in [4.69, 9.17) is 4.98 Å². The molecule has 4 aromatic rings. The van der Waals surface area contributed by atoms with Gasteiger partial charge in [-0.25, -0.2) is 4.98 Å². The van der Waals surface area contributed by atoms with Crippen molar-refractivity contribution in [2.75, 3.05) is 10.7 Å². The Hall–Kier alpha value is -2.63. The SMILES string of the molecule is Cc1cc(C)c2sc(N(Cc3ccccc3)C(=O)CCSc3ccccc3)nc2c1. The molecule has 152 valence electrons. The highest BCUT2D eigenvalue weighted by atomic mass is 32.2. The molecule has 0 bridgehead atoms. The first-order chi connectivity index (χ1) is 14.6. The van der Waals surface area contributed by atoms with Gasteiger partial charge in [-0.15, -0.1) is 11.8 Å². The van der Waals surface area contributed by atoms with E-state index in [9.17, 15) is 4.79 Å². The maximum absolute atomic E-state index is 13.2. The van der Waals surface area contributed by atoms with Gasteiger partial charge in [0.25, 0.3) is 0 Å². The molecule has 3 aromatic carbocycles. The number of hydrogen-bond acceptors (Lipinski definition) is 4. The summed E-state index contributed by atoms with van der Waals surface area (Å²) in [7, 11) is 0. The number of rotatable bonds is 7. The van der Waals surface area contributed by atoms with Crippen LogP contribution in [0.5, 0.6) is 0 Å². The molecule has 0 aliphatic rings. The monoisotopic (exact) mass is 432 g/mol. The molecule has 30 heavy (non-hydrogen) atoms. The number of aryl methyl sites for hydroxylation is 2. The highest BCUT2D eigenvalue weighted by molar-refractivity contribution is 7.99. The Labute approximate surface area is 185 Å². The fourth-order valence-corrected chi connectivity index (χ4v) is 5.31. The van der Waals surface area contributed by atoms with Crippen LogP contribution in [0.25, 0.3) is 10.2 Å². The number of carbonyl (C=O) groups excluding carboxylic acids is 1. The number of benzene rings is 3. The summed E-state index contributed by atoms with van der Waals surface area (Å²) in [6, 6.07) is 24.6. The van der Waals surface area contributed by atoms with Gasteiger partial charge in [-0.2, -0.15) is 0 Å². The van der Waals surface area contributed by atoms with Crippen LogP contribution in [0, 0.1) is 13.8 Å². The molecule has 0 radical (unpaired) electrons. The number of anilines is 1. The minimum atomic E-state index is 0.107. The van der Waals surface area contributed by atoms with Gasteiger partial charge < -0.3 is 0 Å². The van der Waals surface area contributed by atoms with Crippen molar-refractivity contribution in [3.05, 3.63) is 89.5 Å². The predicted octanol–water partition coefficient (Wildman–Crippen LogP) is 6.63. The molecule has 0 saturated heterocycles. The summed E-state index contributed by atoms with van der Waals surface area (Å²) in [4.78, 5) is 21.1. The fourth-order valence-electron chi connectivity index (χ4n) is 3.42. The third-order valence-electron chi connectivity index (χ3n) is 4.85. The summed E-state index contributed by atoms with van der Waals surface area (Å²) in [5, 5.41) is 0.775. The van der Waals surface area contributed by atoms with Crippen molar-refractivity contribution in [2.24, 2.45) is 0 Å². The molecule has 1 amide bonds. The van der Waals surface area contributed by atoms with Gasteiger partial charge in [0.05, 0.1) is 16.8 Å². The van der Waals surface area contributed by atoms with Gasteiger partial charge in [-0.05, 0) is 48.7 Å². The van der Waals surface area contributed by atoms with E-state index in [2.05, 4.69) is 50.2 Å². The summed E-state index contributed by atoms with van der Waals surface area (Å²) in [6.45, 7) is 4.73. The maximum Gasteiger partial charge on any atom is 0.229 e. The number of carbonyl (C=O) groups is 1. The molecule has 0 aliphatic heterocycles. The van der Waals surface area contributed by atoms with E-state index >= 15 is 0 Å². The van der Waals surface area contributed by atoms with Crippen molar-refractivity contribution in [3.63, 3.8) is 0 Å². The summed E-state index contributed by atoms with van der Waals surface area (Å²) < 4.78 is 1.15. The number of thioether (sulfide) groups is 1. The number of fused-ring (bicyclic) bond motifs is 1. The lowest BCUT2D eigenvalue weighted by Gasteiger charge is -2.20. The summed E-state index contributed by atoms with van der Waals surface area (Å²) in [5.74, 6) is 0.854. The Balaban J connectivity index is 1.57. The van der Waals surface area contributed by atoms with E-state index in [1.807, 2.05) is 41.3 Å². The van der Waals surface area contributed by atoms with Crippen molar-refractivity contribution >= 4 is 44.4 Å². The van der Waals surface area contributed by atoms with Gasteiger partial charge in [0.2, 0.25) is 5.91 Å². The van der Waals surface area contributed by atoms with Gasteiger partial charge in [0.1, 0.15) is 0 Å².